The van der Waals surface area contributed by atoms with Gasteiger partial charge < -0.3 is 14.8 Å². The van der Waals surface area contributed by atoms with Crippen molar-refractivity contribution in [1.82, 2.24) is 5.32 Å². The molecule has 2 aliphatic carbocycles. The zero-order chi connectivity index (χ0) is 17.8. The fourth-order valence-electron chi connectivity index (χ4n) is 6.11. The molecular weight excluding hydrogens is 314 g/mol. The van der Waals surface area contributed by atoms with E-state index < -0.39 is 0 Å². The van der Waals surface area contributed by atoms with E-state index in [1.54, 1.807) is 14.0 Å². The monoisotopic (exact) mass is 343 g/mol. The van der Waals surface area contributed by atoms with Crippen molar-refractivity contribution >= 4 is 5.91 Å². The van der Waals surface area contributed by atoms with E-state index in [0.717, 1.165) is 18.8 Å². The number of amides is 1. The van der Waals surface area contributed by atoms with E-state index in [4.69, 9.17) is 9.47 Å². The molecule has 25 heavy (non-hydrogen) atoms. The lowest BCUT2D eigenvalue weighted by molar-refractivity contribution is -0.136. The Hall–Kier alpha value is -1.55. The fourth-order valence-corrected chi connectivity index (χ4v) is 6.11. The number of ether oxygens (including phenoxy) is 2. The standard InChI is InChI=1S/C21H29NO3/c1-13(23)22-19-20(2,3)15-11-17-18(25-10-9-21(17,19)12-15)14-5-7-16(24-4)8-6-14/h5-8,15,17-19H,9-12H2,1-4H3,(H,22,23)/t15-,17-,18-,19+,21?/m1/s1. The van der Waals surface area contributed by atoms with Gasteiger partial charge in [-0.25, -0.2) is 0 Å². The van der Waals surface area contributed by atoms with Crippen molar-refractivity contribution in [3.05, 3.63) is 29.8 Å². The minimum Gasteiger partial charge on any atom is -0.497 e. The minimum atomic E-state index is 0.0891. The summed E-state index contributed by atoms with van der Waals surface area (Å²) < 4.78 is 11.6. The molecule has 136 valence electrons. The van der Waals surface area contributed by atoms with Gasteiger partial charge in [0.15, 0.2) is 0 Å². The summed E-state index contributed by atoms with van der Waals surface area (Å²) in [6.07, 6.45) is 3.58. The lowest BCUT2D eigenvalue weighted by Crippen LogP contribution is -2.58. The number of carbonyl (C=O) groups excluding carboxylic acids is 1. The van der Waals surface area contributed by atoms with Gasteiger partial charge in [-0.3, -0.25) is 4.79 Å². The van der Waals surface area contributed by atoms with Gasteiger partial charge in [0, 0.05) is 19.6 Å². The molecule has 1 aromatic carbocycles. The molecular formula is C21H29NO3. The molecule has 2 bridgehead atoms. The van der Waals surface area contributed by atoms with Crippen molar-refractivity contribution in [3.8, 4) is 5.75 Å². The molecule has 1 heterocycles. The zero-order valence-electron chi connectivity index (χ0n) is 15.7. The van der Waals surface area contributed by atoms with Crippen LogP contribution >= 0.6 is 0 Å². The molecule has 3 fully saturated rings. The summed E-state index contributed by atoms with van der Waals surface area (Å²) in [5.74, 6) is 2.09. The van der Waals surface area contributed by atoms with Crippen LogP contribution in [0.15, 0.2) is 24.3 Å². The Labute approximate surface area is 150 Å². The molecule has 1 amide bonds. The summed E-state index contributed by atoms with van der Waals surface area (Å²) >= 11 is 0. The zero-order valence-corrected chi connectivity index (χ0v) is 15.7. The van der Waals surface area contributed by atoms with Crippen LogP contribution in [0.2, 0.25) is 0 Å². The second kappa shape index (κ2) is 5.73. The number of nitrogens with one attached hydrogen (secondary N) is 1. The second-order valence-corrected chi connectivity index (χ2v) is 8.75. The first-order valence-corrected chi connectivity index (χ1v) is 9.41. The maximum Gasteiger partial charge on any atom is 0.217 e. The topological polar surface area (TPSA) is 47.6 Å². The Morgan fingerprint density at radius 2 is 2.00 bits per heavy atom. The molecule has 1 aromatic rings. The molecule has 0 radical (unpaired) electrons. The Morgan fingerprint density at radius 3 is 2.64 bits per heavy atom. The molecule has 1 N–H and O–H groups in total. The molecule has 4 heteroatoms. The van der Waals surface area contributed by atoms with Gasteiger partial charge in [0.25, 0.3) is 0 Å². The van der Waals surface area contributed by atoms with Crippen LogP contribution in [0.3, 0.4) is 0 Å². The maximum atomic E-state index is 11.9. The Balaban J connectivity index is 1.68. The molecule has 1 aliphatic heterocycles. The van der Waals surface area contributed by atoms with E-state index in [-0.39, 0.29) is 28.9 Å². The van der Waals surface area contributed by atoms with Crippen LogP contribution in [0, 0.1) is 22.7 Å². The van der Waals surface area contributed by atoms with E-state index >= 15 is 0 Å². The lowest BCUT2D eigenvalue weighted by atomic mass is 9.59. The number of hydrogen-bond donors (Lipinski definition) is 1. The van der Waals surface area contributed by atoms with Gasteiger partial charge in [-0.1, -0.05) is 26.0 Å². The summed E-state index contributed by atoms with van der Waals surface area (Å²) in [6, 6.07) is 8.54. The quantitative estimate of drug-likeness (QED) is 0.910. The number of hydrogen-bond acceptors (Lipinski definition) is 3. The van der Waals surface area contributed by atoms with Crippen molar-refractivity contribution < 1.29 is 14.3 Å². The number of methoxy groups -OCH3 is 1. The summed E-state index contributed by atoms with van der Waals surface area (Å²) in [5.41, 5.74) is 1.56. The Bertz CT molecular complexity index is 668. The van der Waals surface area contributed by atoms with E-state index in [1.807, 2.05) is 12.1 Å². The van der Waals surface area contributed by atoms with Crippen molar-refractivity contribution in [2.45, 2.75) is 52.2 Å². The van der Waals surface area contributed by atoms with Gasteiger partial charge >= 0.3 is 0 Å². The molecule has 5 atom stereocenters. The molecule has 1 saturated heterocycles. The van der Waals surface area contributed by atoms with Gasteiger partial charge in [-0.05, 0) is 59.6 Å². The number of benzene rings is 1. The third-order valence-electron chi connectivity index (χ3n) is 7.30. The summed E-state index contributed by atoms with van der Waals surface area (Å²) in [6.45, 7) is 7.09. The van der Waals surface area contributed by atoms with Crippen LogP contribution in [0.5, 0.6) is 5.75 Å². The summed E-state index contributed by atoms with van der Waals surface area (Å²) in [4.78, 5) is 11.9. The van der Waals surface area contributed by atoms with Gasteiger partial charge in [0.2, 0.25) is 5.91 Å². The predicted octanol–water partition coefficient (Wildman–Crippen LogP) is 3.71. The van der Waals surface area contributed by atoms with Crippen molar-refractivity contribution in [2.75, 3.05) is 13.7 Å². The second-order valence-electron chi connectivity index (χ2n) is 8.75. The van der Waals surface area contributed by atoms with Crippen LogP contribution in [-0.4, -0.2) is 25.7 Å². The third kappa shape index (κ3) is 2.41. The first kappa shape index (κ1) is 16.9. The average Bonchev–Trinajstić information content (AvgIpc) is 3.07. The fraction of sp³-hybridized carbons (Fsp3) is 0.667. The first-order chi connectivity index (χ1) is 11.9. The maximum absolute atomic E-state index is 11.9. The molecule has 3 aliphatic rings. The lowest BCUT2D eigenvalue weighted by Gasteiger charge is -2.53. The predicted molar refractivity (Wildman–Crippen MR) is 96.3 cm³/mol. The van der Waals surface area contributed by atoms with Crippen LogP contribution < -0.4 is 10.1 Å². The minimum absolute atomic E-state index is 0.0891. The van der Waals surface area contributed by atoms with Crippen molar-refractivity contribution in [2.24, 2.45) is 22.7 Å². The van der Waals surface area contributed by atoms with E-state index in [1.165, 1.54) is 18.4 Å². The number of rotatable bonds is 3. The van der Waals surface area contributed by atoms with Crippen molar-refractivity contribution in [1.29, 1.82) is 0 Å². The third-order valence-corrected chi connectivity index (χ3v) is 7.30. The number of fused-ring (bicyclic) bond motifs is 1. The highest BCUT2D eigenvalue weighted by Gasteiger charge is 2.68. The normalized spacial score (nSPS) is 38.2. The summed E-state index contributed by atoms with van der Waals surface area (Å²) in [7, 11) is 1.69. The smallest absolute Gasteiger partial charge is 0.217 e. The van der Waals surface area contributed by atoms with Crippen LogP contribution in [0.4, 0.5) is 0 Å². The Morgan fingerprint density at radius 1 is 1.28 bits per heavy atom. The van der Waals surface area contributed by atoms with E-state index in [2.05, 4.69) is 31.3 Å². The highest BCUT2D eigenvalue weighted by atomic mass is 16.5. The van der Waals surface area contributed by atoms with E-state index in [9.17, 15) is 4.79 Å². The Kier molecular flexibility index (Phi) is 3.87. The molecule has 2 saturated carbocycles. The van der Waals surface area contributed by atoms with Gasteiger partial charge in [-0.2, -0.15) is 0 Å². The molecule has 1 spiro atoms. The first-order valence-electron chi connectivity index (χ1n) is 9.41. The highest BCUT2D eigenvalue weighted by molar-refractivity contribution is 5.73. The SMILES string of the molecule is COc1ccc([C@H]2OCCC34C[C@@H](C[C@H]23)C(C)(C)[C@@H]4NC(C)=O)cc1. The van der Waals surface area contributed by atoms with Crippen molar-refractivity contribution in [3.63, 3.8) is 0 Å². The van der Waals surface area contributed by atoms with Gasteiger partial charge in [0.1, 0.15) is 5.75 Å². The average molecular weight is 343 g/mol. The highest BCUT2D eigenvalue weighted by Crippen LogP contribution is 2.70. The van der Waals surface area contributed by atoms with Crippen LogP contribution in [0.25, 0.3) is 0 Å². The van der Waals surface area contributed by atoms with Crippen LogP contribution in [0.1, 0.15) is 51.7 Å². The number of carbonyl (C=O) groups is 1. The molecule has 0 aromatic heterocycles. The van der Waals surface area contributed by atoms with Gasteiger partial charge in [0.05, 0.1) is 13.2 Å². The summed E-state index contributed by atoms with van der Waals surface area (Å²) in [5, 5.41) is 3.33. The largest absolute Gasteiger partial charge is 0.497 e. The van der Waals surface area contributed by atoms with E-state index in [0.29, 0.717) is 11.8 Å². The molecule has 4 nitrogen and oxygen atoms in total. The van der Waals surface area contributed by atoms with Gasteiger partial charge in [-0.15, -0.1) is 0 Å². The van der Waals surface area contributed by atoms with Crippen LogP contribution in [-0.2, 0) is 9.53 Å². The molecule has 1 unspecified atom stereocenters. The molecule has 4 rings (SSSR count).